The number of thioether (sulfide) groups is 1. The minimum absolute atomic E-state index is 0.0768. The molecule has 0 unspecified atom stereocenters. The van der Waals surface area contributed by atoms with Crippen LogP contribution in [0, 0.1) is 13.8 Å². The zero-order chi connectivity index (χ0) is 17.6. The summed E-state index contributed by atoms with van der Waals surface area (Å²) in [4.78, 5) is 13.6. The van der Waals surface area contributed by atoms with Gasteiger partial charge in [-0.25, -0.2) is 0 Å². The lowest BCUT2D eigenvalue weighted by Gasteiger charge is -2.09. The Balaban J connectivity index is 1.60. The smallest absolute Gasteiger partial charge is 0.255 e. The van der Waals surface area contributed by atoms with E-state index in [0.29, 0.717) is 5.56 Å². The number of amides is 1. The third-order valence-corrected chi connectivity index (χ3v) is 5.12. The summed E-state index contributed by atoms with van der Waals surface area (Å²) < 4.78 is 0. The minimum atomic E-state index is -0.0768. The van der Waals surface area contributed by atoms with E-state index >= 15 is 0 Å². The van der Waals surface area contributed by atoms with Crippen LogP contribution in [0.15, 0.2) is 77.7 Å². The number of anilines is 1. The summed E-state index contributed by atoms with van der Waals surface area (Å²) in [5, 5.41) is 2.96. The fourth-order valence-electron chi connectivity index (χ4n) is 2.46. The molecule has 1 amide bonds. The molecule has 0 saturated carbocycles. The lowest BCUT2D eigenvalue weighted by Crippen LogP contribution is -2.12. The summed E-state index contributed by atoms with van der Waals surface area (Å²) in [6.07, 6.45) is 0. The third-order valence-electron chi connectivity index (χ3n) is 4.04. The highest BCUT2D eigenvalue weighted by Crippen LogP contribution is 2.23. The second kappa shape index (κ2) is 8.04. The molecule has 0 spiro atoms. The van der Waals surface area contributed by atoms with Gasteiger partial charge in [0.1, 0.15) is 0 Å². The van der Waals surface area contributed by atoms with Crippen molar-refractivity contribution in [3.63, 3.8) is 0 Å². The first-order valence-corrected chi connectivity index (χ1v) is 9.26. The van der Waals surface area contributed by atoms with Gasteiger partial charge in [0.2, 0.25) is 0 Å². The van der Waals surface area contributed by atoms with Crippen LogP contribution in [-0.2, 0) is 5.75 Å². The van der Waals surface area contributed by atoms with Crippen LogP contribution in [0.1, 0.15) is 27.0 Å². The SMILES string of the molecule is Cc1ccc(SCc2ccc(C(=O)Nc3ccccc3C)cc2)cc1. The van der Waals surface area contributed by atoms with Crippen LogP contribution in [0.4, 0.5) is 5.69 Å². The van der Waals surface area contributed by atoms with Crippen LogP contribution >= 0.6 is 11.8 Å². The van der Waals surface area contributed by atoms with Crippen molar-refractivity contribution < 1.29 is 4.79 Å². The Morgan fingerprint density at radius 1 is 0.880 bits per heavy atom. The summed E-state index contributed by atoms with van der Waals surface area (Å²) in [5.41, 5.74) is 5.06. The molecule has 3 rings (SSSR count). The monoisotopic (exact) mass is 347 g/mol. The molecule has 0 saturated heterocycles. The van der Waals surface area contributed by atoms with Crippen LogP contribution in [0.2, 0.25) is 0 Å². The maximum Gasteiger partial charge on any atom is 0.255 e. The summed E-state index contributed by atoms with van der Waals surface area (Å²) in [5.74, 6) is 0.815. The quantitative estimate of drug-likeness (QED) is 0.587. The highest BCUT2D eigenvalue weighted by atomic mass is 32.2. The topological polar surface area (TPSA) is 29.1 Å². The molecular formula is C22H21NOS. The average molecular weight is 347 g/mol. The molecule has 0 aliphatic rings. The first-order valence-electron chi connectivity index (χ1n) is 8.27. The van der Waals surface area contributed by atoms with E-state index in [9.17, 15) is 4.79 Å². The van der Waals surface area contributed by atoms with E-state index in [0.717, 1.165) is 17.0 Å². The Morgan fingerprint density at radius 2 is 1.56 bits per heavy atom. The molecule has 25 heavy (non-hydrogen) atoms. The molecule has 0 fully saturated rings. The third kappa shape index (κ3) is 4.74. The largest absolute Gasteiger partial charge is 0.322 e. The number of carbonyl (C=O) groups excluding carboxylic acids is 1. The number of hydrogen-bond acceptors (Lipinski definition) is 2. The van der Waals surface area contributed by atoms with Crippen molar-refractivity contribution in [2.45, 2.75) is 24.5 Å². The molecule has 0 heterocycles. The molecule has 0 aromatic heterocycles. The maximum atomic E-state index is 12.4. The number of aryl methyl sites for hydroxylation is 2. The van der Waals surface area contributed by atoms with E-state index in [1.165, 1.54) is 16.0 Å². The van der Waals surface area contributed by atoms with Crippen molar-refractivity contribution in [2.75, 3.05) is 5.32 Å². The Bertz CT molecular complexity index is 854. The summed E-state index contributed by atoms with van der Waals surface area (Å²) in [7, 11) is 0. The second-order valence-corrected chi connectivity index (χ2v) is 7.12. The molecule has 0 radical (unpaired) electrons. The molecule has 1 N–H and O–H groups in total. The molecule has 2 nitrogen and oxygen atoms in total. The van der Waals surface area contributed by atoms with Crippen molar-refractivity contribution in [3.8, 4) is 0 Å². The molecular weight excluding hydrogens is 326 g/mol. The number of carbonyl (C=O) groups is 1. The molecule has 0 atom stereocenters. The second-order valence-electron chi connectivity index (χ2n) is 6.07. The van der Waals surface area contributed by atoms with Gasteiger partial charge in [0.05, 0.1) is 0 Å². The fourth-order valence-corrected chi connectivity index (χ4v) is 3.32. The molecule has 0 aliphatic heterocycles. The Morgan fingerprint density at radius 3 is 2.24 bits per heavy atom. The predicted molar refractivity (Wildman–Crippen MR) is 106 cm³/mol. The van der Waals surface area contributed by atoms with Gasteiger partial charge < -0.3 is 5.32 Å². The Hall–Kier alpha value is -2.52. The van der Waals surface area contributed by atoms with Crippen molar-refractivity contribution in [3.05, 3.63) is 95.1 Å². The van der Waals surface area contributed by atoms with Crippen molar-refractivity contribution in [1.29, 1.82) is 0 Å². The van der Waals surface area contributed by atoms with Gasteiger partial charge in [-0.15, -0.1) is 11.8 Å². The van der Waals surface area contributed by atoms with Gasteiger partial charge in [0.25, 0.3) is 5.91 Å². The number of hydrogen-bond donors (Lipinski definition) is 1. The van der Waals surface area contributed by atoms with E-state index in [1.807, 2.05) is 55.5 Å². The highest BCUT2D eigenvalue weighted by Gasteiger charge is 2.07. The first-order chi connectivity index (χ1) is 12.1. The van der Waals surface area contributed by atoms with Gasteiger partial charge in [0, 0.05) is 21.9 Å². The number of benzene rings is 3. The molecule has 3 aromatic carbocycles. The number of rotatable bonds is 5. The minimum Gasteiger partial charge on any atom is -0.322 e. The van der Waals surface area contributed by atoms with Crippen LogP contribution in [-0.4, -0.2) is 5.91 Å². The fraction of sp³-hybridized carbons (Fsp3) is 0.136. The van der Waals surface area contributed by atoms with E-state index in [1.54, 1.807) is 11.8 Å². The van der Waals surface area contributed by atoms with E-state index < -0.39 is 0 Å². The summed E-state index contributed by atoms with van der Waals surface area (Å²) in [6, 6.07) is 24.1. The number of nitrogens with one attached hydrogen (secondary N) is 1. The summed E-state index contributed by atoms with van der Waals surface area (Å²) in [6.45, 7) is 4.08. The maximum absolute atomic E-state index is 12.4. The van der Waals surface area contributed by atoms with Gasteiger partial charge in [-0.2, -0.15) is 0 Å². The standard InChI is InChI=1S/C22H21NOS/c1-16-7-13-20(14-8-16)25-15-18-9-11-19(12-10-18)22(24)23-21-6-4-3-5-17(21)2/h3-14H,15H2,1-2H3,(H,23,24). The highest BCUT2D eigenvalue weighted by molar-refractivity contribution is 7.98. The van der Waals surface area contributed by atoms with Crippen LogP contribution in [0.25, 0.3) is 0 Å². The molecule has 0 bridgehead atoms. The van der Waals surface area contributed by atoms with Gasteiger partial charge in [0.15, 0.2) is 0 Å². The average Bonchev–Trinajstić information content (AvgIpc) is 2.63. The lowest BCUT2D eigenvalue weighted by molar-refractivity contribution is 0.102. The van der Waals surface area contributed by atoms with E-state index in [2.05, 4.69) is 36.5 Å². The van der Waals surface area contributed by atoms with Gasteiger partial charge in [-0.3, -0.25) is 4.79 Å². The molecule has 3 heteroatoms. The summed E-state index contributed by atoms with van der Waals surface area (Å²) >= 11 is 1.80. The van der Waals surface area contributed by atoms with Crippen LogP contribution in [0.5, 0.6) is 0 Å². The lowest BCUT2D eigenvalue weighted by atomic mass is 10.1. The first kappa shape index (κ1) is 17.3. The van der Waals surface area contributed by atoms with E-state index in [-0.39, 0.29) is 5.91 Å². The Kier molecular flexibility index (Phi) is 5.56. The van der Waals surface area contributed by atoms with Crippen molar-refractivity contribution in [1.82, 2.24) is 0 Å². The zero-order valence-electron chi connectivity index (χ0n) is 14.5. The van der Waals surface area contributed by atoms with Gasteiger partial charge >= 0.3 is 0 Å². The molecule has 126 valence electrons. The Labute approximate surface area is 153 Å². The predicted octanol–water partition coefficient (Wildman–Crippen LogP) is 5.85. The van der Waals surface area contributed by atoms with Crippen molar-refractivity contribution >= 4 is 23.4 Å². The van der Waals surface area contributed by atoms with Gasteiger partial charge in [-0.1, -0.05) is 48.0 Å². The zero-order valence-corrected chi connectivity index (χ0v) is 15.3. The van der Waals surface area contributed by atoms with E-state index in [4.69, 9.17) is 0 Å². The number of para-hydroxylation sites is 1. The van der Waals surface area contributed by atoms with Crippen LogP contribution in [0.3, 0.4) is 0 Å². The molecule has 3 aromatic rings. The van der Waals surface area contributed by atoms with Gasteiger partial charge in [-0.05, 0) is 55.3 Å². The van der Waals surface area contributed by atoms with Crippen molar-refractivity contribution in [2.24, 2.45) is 0 Å². The van der Waals surface area contributed by atoms with Crippen LogP contribution < -0.4 is 5.32 Å². The molecule has 0 aliphatic carbocycles. The normalized spacial score (nSPS) is 10.5.